The number of fused-ring (bicyclic) bond motifs is 1. The number of pyridine rings is 1. The molecule has 1 heterocycles. The molecule has 0 fully saturated rings. The fraction of sp³-hybridized carbons (Fsp3) is 0.217. The van der Waals surface area contributed by atoms with E-state index >= 15 is 0 Å². The molecule has 0 bridgehead atoms. The quantitative estimate of drug-likeness (QED) is 0.413. The number of nitriles is 1. The van der Waals surface area contributed by atoms with Crippen molar-refractivity contribution in [1.82, 2.24) is 4.98 Å². The van der Waals surface area contributed by atoms with Crippen LogP contribution in [0, 0.1) is 11.3 Å². The number of amides is 1. The zero-order chi connectivity index (χ0) is 22.2. The van der Waals surface area contributed by atoms with Crippen LogP contribution in [0.15, 0.2) is 53.6 Å². The summed E-state index contributed by atoms with van der Waals surface area (Å²) in [5.41, 5.74) is 2.10. The number of hydrogen-bond acceptors (Lipinski definition) is 7. The second-order valence-electron chi connectivity index (χ2n) is 6.38. The Morgan fingerprint density at radius 2 is 1.87 bits per heavy atom. The molecule has 0 spiro atoms. The third-order valence-electron chi connectivity index (χ3n) is 4.20. The summed E-state index contributed by atoms with van der Waals surface area (Å²) in [7, 11) is 0. The van der Waals surface area contributed by atoms with Crippen LogP contribution in [-0.4, -0.2) is 35.8 Å². The highest BCUT2D eigenvalue weighted by Crippen LogP contribution is 2.27. The summed E-state index contributed by atoms with van der Waals surface area (Å²) in [6, 6.07) is 15.8. The molecule has 0 aliphatic carbocycles. The number of hydrogen-bond donors (Lipinski definition) is 1. The lowest BCUT2D eigenvalue weighted by Crippen LogP contribution is -2.14. The fourth-order valence-electron chi connectivity index (χ4n) is 2.82. The van der Waals surface area contributed by atoms with E-state index in [4.69, 9.17) is 9.47 Å². The van der Waals surface area contributed by atoms with E-state index in [0.29, 0.717) is 35.1 Å². The highest BCUT2D eigenvalue weighted by molar-refractivity contribution is 8.00. The average molecular weight is 436 g/mol. The Labute approximate surface area is 184 Å². The molecule has 0 saturated heterocycles. The molecule has 0 atom stereocenters. The molecule has 3 rings (SSSR count). The first-order valence-corrected chi connectivity index (χ1v) is 10.7. The van der Waals surface area contributed by atoms with Crippen LogP contribution in [0.5, 0.6) is 5.75 Å². The van der Waals surface area contributed by atoms with Gasteiger partial charge in [-0.2, -0.15) is 5.26 Å². The van der Waals surface area contributed by atoms with Crippen molar-refractivity contribution in [2.75, 3.05) is 24.3 Å². The van der Waals surface area contributed by atoms with E-state index in [0.717, 1.165) is 16.7 Å². The van der Waals surface area contributed by atoms with E-state index in [1.54, 1.807) is 37.3 Å². The van der Waals surface area contributed by atoms with Gasteiger partial charge in [-0.25, -0.2) is 9.78 Å². The van der Waals surface area contributed by atoms with E-state index < -0.39 is 5.97 Å². The van der Waals surface area contributed by atoms with E-state index in [1.807, 2.05) is 25.1 Å². The second kappa shape index (κ2) is 10.5. The van der Waals surface area contributed by atoms with Crippen LogP contribution in [0.1, 0.15) is 29.8 Å². The van der Waals surface area contributed by atoms with Gasteiger partial charge in [0, 0.05) is 11.1 Å². The number of esters is 1. The topological polar surface area (TPSA) is 101 Å². The van der Waals surface area contributed by atoms with Crippen molar-refractivity contribution in [2.24, 2.45) is 0 Å². The van der Waals surface area contributed by atoms with Crippen LogP contribution in [0.25, 0.3) is 10.9 Å². The van der Waals surface area contributed by atoms with Gasteiger partial charge in [0.2, 0.25) is 5.91 Å². The molecule has 8 heteroatoms. The first kappa shape index (κ1) is 22.1. The van der Waals surface area contributed by atoms with Crippen LogP contribution >= 0.6 is 11.8 Å². The van der Waals surface area contributed by atoms with Gasteiger partial charge in [0.05, 0.1) is 35.6 Å². The molecule has 31 heavy (non-hydrogen) atoms. The van der Waals surface area contributed by atoms with E-state index in [9.17, 15) is 14.9 Å². The third kappa shape index (κ3) is 5.74. The van der Waals surface area contributed by atoms with Gasteiger partial charge in [0.15, 0.2) is 0 Å². The Hall–Kier alpha value is -3.57. The summed E-state index contributed by atoms with van der Waals surface area (Å²) in [5, 5.41) is 13.6. The van der Waals surface area contributed by atoms with Crippen LogP contribution in [0.4, 0.5) is 5.69 Å². The zero-order valence-corrected chi connectivity index (χ0v) is 18.0. The molecule has 1 aromatic heterocycles. The monoisotopic (exact) mass is 435 g/mol. The largest absolute Gasteiger partial charge is 0.494 e. The summed E-state index contributed by atoms with van der Waals surface area (Å²) in [4.78, 5) is 28.6. The average Bonchev–Trinajstić information content (AvgIpc) is 2.78. The predicted octanol–water partition coefficient (Wildman–Crippen LogP) is 4.41. The summed E-state index contributed by atoms with van der Waals surface area (Å²) >= 11 is 1.19. The van der Waals surface area contributed by atoms with Crippen LogP contribution in [-0.2, 0) is 9.53 Å². The maximum atomic E-state index is 12.3. The SMILES string of the molecule is CCOC(=O)c1ccc(NC(=O)CSc2nc3ccc(OCC)cc3cc2C#N)cc1. The number of benzene rings is 2. The first-order valence-electron chi connectivity index (χ1n) is 9.71. The first-order chi connectivity index (χ1) is 15.0. The Bertz CT molecular complexity index is 1140. The lowest BCUT2D eigenvalue weighted by atomic mass is 10.1. The second-order valence-corrected chi connectivity index (χ2v) is 7.34. The number of ether oxygens (including phenoxy) is 2. The van der Waals surface area contributed by atoms with Gasteiger partial charge in [-0.15, -0.1) is 0 Å². The number of anilines is 1. The van der Waals surface area contributed by atoms with Gasteiger partial charge >= 0.3 is 5.97 Å². The van der Waals surface area contributed by atoms with Crippen molar-refractivity contribution in [3.63, 3.8) is 0 Å². The van der Waals surface area contributed by atoms with Crippen molar-refractivity contribution < 1.29 is 19.1 Å². The summed E-state index contributed by atoms with van der Waals surface area (Å²) < 4.78 is 10.4. The normalized spacial score (nSPS) is 10.4. The molecular formula is C23H21N3O4S. The Balaban J connectivity index is 1.66. The lowest BCUT2D eigenvalue weighted by Gasteiger charge is -2.09. The Morgan fingerprint density at radius 1 is 1.10 bits per heavy atom. The maximum Gasteiger partial charge on any atom is 0.338 e. The molecule has 0 aliphatic heterocycles. The maximum absolute atomic E-state index is 12.3. The number of nitrogens with one attached hydrogen (secondary N) is 1. The van der Waals surface area contributed by atoms with Crippen molar-refractivity contribution in [2.45, 2.75) is 18.9 Å². The van der Waals surface area contributed by atoms with Crippen molar-refractivity contribution in [3.05, 3.63) is 59.7 Å². The highest BCUT2D eigenvalue weighted by atomic mass is 32.2. The van der Waals surface area contributed by atoms with Gasteiger partial charge in [0.25, 0.3) is 0 Å². The third-order valence-corrected chi connectivity index (χ3v) is 5.19. The predicted molar refractivity (Wildman–Crippen MR) is 119 cm³/mol. The minimum atomic E-state index is -0.407. The van der Waals surface area contributed by atoms with Crippen LogP contribution in [0.2, 0.25) is 0 Å². The summed E-state index contributed by atoms with van der Waals surface area (Å²) in [6.07, 6.45) is 0. The molecule has 0 radical (unpaired) electrons. The number of thioether (sulfide) groups is 1. The molecule has 0 aliphatic rings. The zero-order valence-electron chi connectivity index (χ0n) is 17.2. The summed E-state index contributed by atoms with van der Waals surface area (Å²) in [6.45, 7) is 4.50. The van der Waals surface area contributed by atoms with Gasteiger partial charge in [0.1, 0.15) is 16.8 Å². The number of carbonyl (C=O) groups excluding carboxylic acids is 2. The van der Waals surface area contributed by atoms with Crippen molar-refractivity contribution in [1.29, 1.82) is 5.26 Å². The molecule has 3 aromatic rings. The summed E-state index contributed by atoms with van der Waals surface area (Å²) in [5.74, 6) is 0.153. The van der Waals surface area contributed by atoms with Crippen LogP contribution in [0.3, 0.4) is 0 Å². The highest BCUT2D eigenvalue weighted by Gasteiger charge is 2.12. The molecule has 158 valence electrons. The molecule has 2 aromatic carbocycles. The standard InChI is InChI=1S/C23H21N3O4S/c1-3-29-19-9-10-20-16(12-19)11-17(13-24)22(26-20)31-14-21(27)25-18-7-5-15(6-8-18)23(28)30-4-2/h5-12H,3-4,14H2,1-2H3,(H,25,27). The minimum Gasteiger partial charge on any atom is -0.494 e. The number of rotatable bonds is 8. The minimum absolute atomic E-state index is 0.0871. The van der Waals surface area contributed by atoms with Gasteiger partial charge in [-0.3, -0.25) is 4.79 Å². The molecule has 7 nitrogen and oxygen atoms in total. The van der Waals surface area contributed by atoms with E-state index in [-0.39, 0.29) is 11.7 Å². The number of aromatic nitrogens is 1. The lowest BCUT2D eigenvalue weighted by molar-refractivity contribution is -0.113. The fourth-order valence-corrected chi connectivity index (χ4v) is 3.58. The van der Waals surface area contributed by atoms with Gasteiger partial charge in [-0.1, -0.05) is 11.8 Å². The van der Waals surface area contributed by atoms with Gasteiger partial charge in [-0.05, 0) is 62.4 Å². The smallest absolute Gasteiger partial charge is 0.338 e. The molecule has 0 unspecified atom stereocenters. The van der Waals surface area contributed by atoms with Crippen LogP contribution < -0.4 is 10.1 Å². The Morgan fingerprint density at radius 3 is 2.55 bits per heavy atom. The van der Waals surface area contributed by atoms with Gasteiger partial charge < -0.3 is 14.8 Å². The molecule has 1 N–H and O–H groups in total. The molecule has 1 amide bonds. The Kier molecular flexibility index (Phi) is 7.46. The van der Waals surface area contributed by atoms with E-state index in [1.165, 1.54) is 11.8 Å². The molecular weight excluding hydrogens is 414 g/mol. The number of carbonyl (C=O) groups is 2. The van der Waals surface area contributed by atoms with E-state index in [2.05, 4.69) is 16.4 Å². The number of nitrogens with zero attached hydrogens (tertiary/aromatic N) is 2. The van der Waals surface area contributed by atoms with Crippen molar-refractivity contribution >= 4 is 40.2 Å². The van der Waals surface area contributed by atoms with Crippen molar-refractivity contribution in [3.8, 4) is 11.8 Å². The molecule has 0 saturated carbocycles.